The molecule has 1 amide bonds. The van der Waals surface area contributed by atoms with E-state index in [4.69, 9.17) is 4.74 Å². The van der Waals surface area contributed by atoms with Crippen LogP contribution in [0.3, 0.4) is 0 Å². The minimum atomic E-state index is -0.0218. The van der Waals surface area contributed by atoms with Crippen LogP contribution in [0.2, 0.25) is 0 Å². The molecule has 0 radical (unpaired) electrons. The zero-order chi connectivity index (χ0) is 15.7. The highest BCUT2D eigenvalue weighted by Crippen LogP contribution is 2.32. The lowest BCUT2D eigenvalue weighted by molar-refractivity contribution is 0.0721. The van der Waals surface area contributed by atoms with E-state index in [9.17, 15) is 4.79 Å². The summed E-state index contributed by atoms with van der Waals surface area (Å²) >= 11 is 0. The Balaban J connectivity index is 1.73. The number of amides is 1. The van der Waals surface area contributed by atoms with Crippen molar-refractivity contribution >= 4 is 5.91 Å². The number of carbonyl (C=O) groups is 1. The van der Waals surface area contributed by atoms with Crippen LogP contribution in [0.1, 0.15) is 43.6 Å². The van der Waals surface area contributed by atoms with Gasteiger partial charge >= 0.3 is 0 Å². The Labute approximate surface area is 131 Å². The summed E-state index contributed by atoms with van der Waals surface area (Å²) in [5.41, 5.74) is 0.398. The van der Waals surface area contributed by atoms with E-state index in [0.717, 1.165) is 19.5 Å². The smallest absolute Gasteiger partial charge is 0.274 e. The zero-order valence-electron chi connectivity index (χ0n) is 13.5. The molecule has 22 heavy (non-hydrogen) atoms. The summed E-state index contributed by atoms with van der Waals surface area (Å²) in [6, 6.07) is 5.00. The highest BCUT2D eigenvalue weighted by atomic mass is 16.5. The number of hydrogen-bond acceptors (Lipinski definition) is 5. The van der Waals surface area contributed by atoms with Gasteiger partial charge in [-0.2, -0.15) is 0 Å². The molecule has 120 valence electrons. The van der Waals surface area contributed by atoms with Gasteiger partial charge in [0.05, 0.1) is 7.11 Å². The summed E-state index contributed by atoms with van der Waals surface area (Å²) in [7, 11) is 1.54. The van der Waals surface area contributed by atoms with Gasteiger partial charge in [0, 0.05) is 37.3 Å². The molecular weight excluding hydrogens is 280 g/mol. The van der Waals surface area contributed by atoms with Gasteiger partial charge in [0.2, 0.25) is 5.88 Å². The van der Waals surface area contributed by atoms with Gasteiger partial charge in [0.1, 0.15) is 0 Å². The summed E-state index contributed by atoms with van der Waals surface area (Å²) in [5.74, 6) is 0.406. The van der Waals surface area contributed by atoms with Gasteiger partial charge in [-0.3, -0.25) is 9.69 Å². The Morgan fingerprint density at radius 1 is 1.23 bits per heavy atom. The maximum Gasteiger partial charge on any atom is 0.274 e. The van der Waals surface area contributed by atoms with E-state index in [1.165, 1.54) is 20.0 Å². The standard InChI is InChI=1S/C16H24N4O2/c1-11(2)20-12-4-5-13(20)10-19(9-8-12)16(21)14-6-7-15(22-3)18-17-14/h6-7,11-13H,4-5,8-10H2,1-3H3. The van der Waals surface area contributed by atoms with Crippen LogP contribution in [0, 0.1) is 0 Å². The van der Waals surface area contributed by atoms with E-state index < -0.39 is 0 Å². The molecule has 1 aromatic rings. The summed E-state index contributed by atoms with van der Waals surface area (Å²) in [5, 5.41) is 7.89. The third kappa shape index (κ3) is 2.79. The number of carbonyl (C=O) groups excluding carboxylic acids is 1. The Hall–Kier alpha value is -1.69. The second-order valence-corrected chi connectivity index (χ2v) is 6.43. The van der Waals surface area contributed by atoms with Crippen LogP contribution < -0.4 is 4.74 Å². The van der Waals surface area contributed by atoms with Gasteiger partial charge < -0.3 is 9.64 Å². The quantitative estimate of drug-likeness (QED) is 0.848. The fourth-order valence-electron chi connectivity index (χ4n) is 3.84. The molecule has 0 saturated carbocycles. The molecule has 0 aliphatic carbocycles. The molecule has 2 unspecified atom stereocenters. The van der Waals surface area contributed by atoms with Gasteiger partial charge in [0.15, 0.2) is 5.69 Å². The summed E-state index contributed by atoms with van der Waals surface area (Å²) in [4.78, 5) is 17.2. The number of aromatic nitrogens is 2. The van der Waals surface area contributed by atoms with E-state index in [0.29, 0.717) is 29.7 Å². The number of nitrogens with zero attached hydrogens (tertiary/aromatic N) is 4. The Morgan fingerprint density at radius 3 is 2.64 bits per heavy atom. The first-order chi connectivity index (χ1) is 10.6. The van der Waals surface area contributed by atoms with Crippen molar-refractivity contribution < 1.29 is 9.53 Å². The molecule has 3 rings (SSSR count). The molecule has 0 spiro atoms. The average molecular weight is 304 g/mol. The zero-order valence-corrected chi connectivity index (χ0v) is 13.5. The van der Waals surface area contributed by atoms with Crippen molar-refractivity contribution in [3.63, 3.8) is 0 Å². The SMILES string of the molecule is COc1ccc(C(=O)N2CCC3CCC(C2)N3C(C)C)nn1. The molecule has 2 atom stereocenters. The van der Waals surface area contributed by atoms with Crippen LogP contribution in [-0.4, -0.2) is 64.2 Å². The molecule has 6 nitrogen and oxygen atoms in total. The van der Waals surface area contributed by atoms with Gasteiger partial charge in [-0.1, -0.05) is 0 Å². The molecule has 0 aromatic carbocycles. The van der Waals surface area contributed by atoms with E-state index in [2.05, 4.69) is 28.9 Å². The van der Waals surface area contributed by atoms with Crippen molar-refractivity contribution in [2.75, 3.05) is 20.2 Å². The maximum absolute atomic E-state index is 12.7. The number of hydrogen-bond donors (Lipinski definition) is 0. The highest BCUT2D eigenvalue weighted by Gasteiger charge is 2.39. The van der Waals surface area contributed by atoms with Crippen molar-refractivity contribution in [3.05, 3.63) is 17.8 Å². The normalized spacial score (nSPS) is 25.4. The third-order valence-electron chi connectivity index (χ3n) is 4.79. The third-order valence-corrected chi connectivity index (χ3v) is 4.79. The van der Waals surface area contributed by atoms with Crippen LogP contribution >= 0.6 is 0 Å². The fraction of sp³-hybridized carbons (Fsp3) is 0.688. The summed E-state index contributed by atoms with van der Waals surface area (Å²) in [6.07, 6.45) is 3.48. The monoisotopic (exact) mass is 304 g/mol. The Bertz CT molecular complexity index is 531. The van der Waals surface area contributed by atoms with Crippen LogP contribution in [0.4, 0.5) is 0 Å². The molecule has 2 aliphatic heterocycles. The predicted octanol–water partition coefficient (Wildman–Crippen LogP) is 1.57. The van der Waals surface area contributed by atoms with E-state index in [1.54, 1.807) is 12.1 Å². The maximum atomic E-state index is 12.7. The first-order valence-electron chi connectivity index (χ1n) is 8.04. The lowest BCUT2D eigenvalue weighted by Gasteiger charge is -2.32. The molecule has 3 heterocycles. The van der Waals surface area contributed by atoms with Gasteiger partial charge in [-0.15, -0.1) is 10.2 Å². The van der Waals surface area contributed by atoms with Crippen LogP contribution in [0.5, 0.6) is 5.88 Å². The first-order valence-corrected chi connectivity index (χ1v) is 8.04. The molecule has 2 fully saturated rings. The number of ether oxygens (including phenoxy) is 1. The second kappa shape index (κ2) is 6.20. The molecule has 0 N–H and O–H groups in total. The predicted molar refractivity (Wildman–Crippen MR) is 82.9 cm³/mol. The molecule has 6 heteroatoms. The summed E-state index contributed by atoms with van der Waals surface area (Å²) < 4.78 is 4.99. The second-order valence-electron chi connectivity index (χ2n) is 6.43. The van der Waals surface area contributed by atoms with E-state index in [-0.39, 0.29) is 5.91 Å². The largest absolute Gasteiger partial charge is 0.480 e. The summed E-state index contributed by atoms with van der Waals surface area (Å²) in [6.45, 7) is 6.09. The van der Waals surface area contributed by atoms with Crippen molar-refractivity contribution in [1.82, 2.24) is 20.0 Å². The topological polar surface area (TPSA) is 58.6 Å². The number of rotatable bonds is 3. The van der Waals surface area contributed by atoms with Crippen LogP contribution in [0.25, 0.3) is 0 Å². The fourth-order valence-corrected chi connectivity index (χ4v) is 3.84. The minimum absolute atomic E-state index is 0.0218. The number of likely N-dealkylation sites (tertiary alicyclic amines) is 1. The van der Waals surface area contributed by atoms with Crippen molar-refractivity contribution in [3.8, 4) is 5.88 Å². The van der Waals surface area contributed by atoms with Crippen molar-refractivity contribution in [1.29, 1.82) is 0 Å². The van der Waals surface area contributed by atoms with Gasteiger partial charge in [-0.25, -0.2) is 0 Å². The Morgan fingerprint density at radius 2 is 2.00 bits per heavy atom. The van der Waals surface area contributed by atoms with E-state index in [1.807, 2.05) is 4.90 Å². The minimum Gasteiger partial charge on any atom is -0.480 e. The highest BCUT2D eigenvalue weighted by molar-refractivity contribution is 5.92. The van der Waals surface area contributed by atoms with Crippen LogP contribution in [0.15, 0.2) is 12.1 Å². The lowest BCUT2D eigenvalue weighted by atomic mass is 10.1. The van der Waals surface area contributed by atoms with Gasteiger partial charge in [-0.05, 0) is 39.2 Å². The molecule has 2 saturated heterocycles. The lowest BCUT2D eigenvalue weighted by Crippen LogP contribution is -2.44. The number of methoxy groups -OCH3 is 1. The average Bonchev–Trinajstić information content (AvgIpc) is 2.81. The van der Waals surface area contributed by atoms with Crippen molar-refractivity contribution in [2.24, 2.45) is 0 Å². The van der Waals surface area contributed by atoms with Crippen molar-refractivity contribution in [2.45, 2.75) is 51.2 Å². The number of fused-ring (bicyclic) bond motifs is 2. The van der Waals surface area contributed by atoms with E-state index >= 15 is 0 Å². The van der Waals surface area contributed by atoms with Gasteiger partial charge in [0.25, 0.3) is 5.91 Å². The van der Waals surface area contributed by atoms with Crippen LogP contribution in [-0.2, 0) is 0 Å². The molecule has 2 aliphatic rings. The first kappa shape index (κ1) is 15.2. The Kier molecular flexibility index (Phi) is 4.29. The molecule has 2 bridgehead atoms. The molecular formula is C16H24N4O2. The molecule has 1 aromatic heterocycles.